The van der Waals surface area contributed by atoms with Crippen LogP contribution in [0.2, 0.25) is 0 Å². The average Bonchev–Trinajstić information content (AvgIpc) is 2.37. The summed E-state index contributed by atoms with van der Waals surface area (Å²) in [5.74, 6) is -1.77. The number of alkyl halides is 2. The summed E-state index contributed by atoms with van der Waals surface area (Å²) in [5.41, 5.74) is 5.15. The van der Waals surface area contributed by atoms with Crippen molar-refractivity contribution >= 4 is 18.3 Å². The van der Waals surface area contributed by atoms with Gasteiger partial charge in [0.1, 0.15) is 11.6 Å². The zero-order valence-corrected chi connectivity index (χ0v) is 13.4. The Balaban J connectivity index is 0.00000441. The van der Waals surface area contributed by atoms with Gasteiger partial charge in [0.2, 0.25) is 0 Å². The van der Waals surface area contributed by atoms with Gasteiger partial charge in [0, 0.05) is 19.7 Å². The normalized spacial score (nSPS) is 11.1. The van der Waals surface area contributed by atoms with Crippen LogP contribution in [0.25, 0.3) is 0 Å². The third-order valence-electron chi connectivity index (χ3n) is 2.95. The summed E-state index contributed by atoms with van der Waals surface area (Å²) in [6, 6.07) is 2.91. The molecule has 22 heavy (non-hydrogen) atoms. The summed E-state index contributed by atoms with van der Waals surface area (Å²) in [4.78, 5) is 13.6. The Hall–Kier alpha value is -1.47. The van der Waals surface area contributed by atoms with Gasteiger partial charge in [0.05, 0.1) is 5.56 Å². The highest BCUT2D eigenvalue weighted by molar-refractivity contribution is 5.96. The van der Waals surface area contributed by atoms with Crippen LogP contribution in [0.15, 0.2) is 18.2 Å². The van der Waals surface area contributed by atoms with Crippen LogP contribution >= 0.6 is 12.4 Å². The zero-order chi connectivity index (χ0) is 16.2. The van der Waals surface area contributed by atoms with Crippen molar-refractivity contribution in [1.82, 2.24) is 4.90 Å². The second-order valence-corrected chi connectivity index (χ2v) is 5.55. The molecule has 0 aromatic heterocycles. The van der Waals surface area contributed by atoms with E-state index in [4.69, 9.17) is 5.73 Å². The lowest BCUT2D eigenvalue weighted by atomic mass is 9.93. The fourth-order valence-electron chi connectivity index (χ4n) is 1.85. The van der Waals surface area contributed by atoms with E-state index in [9.17, 15) is 18.0 Å². The van der Waals surface area contributed by atoms with E-state index < -0.39 is 24.1 Å². The van der Waals surface area contributed by atoms with Crippen LogP contribution in [0.5, 0.6) is 5.75 Å². The third-order valence-corrected chi connectivity index (χ3v) is 2.95. The maximum atomic E-state index is 13.1. The molecule has 0 aliphatic carbocycles. The smallest absolute Gasteiger partial charge is 0.387 e. The van der Waals surface area contributed by atoms with Crippen LogP contribution in [-0.2, 0) is 0 Å². The summed E-state index contributed by atoms with van der Waals surface area (Å²) in [6.45, 7) is 1.29. The van der Waals surface area contributed by atoms with E-state index in [2.05, 4.69) is 4.74 Å². The summed E-state index contributed by atoms with van der Waals surface area (Å²) in [5, 5.41) is 0. The molecule has 8 heteroatoms. The van der Waals surface area contributed by atoms with Gasteiger partial charge < -0.3 is 15.4 Å². The van der Waals surface area contributed by atoms with Gasteiger partial charge in [-0.1, -0.05) is 13.8 Å². The number of halogens is 4. The third kappa shape index (κ3) is 5.73. The Labute approximate surface area is 133 Å². The minimum absolute atomic E-state index is 0. The number of ether oxygens (including phenoxy) is 1. The fraction of sp³-hybridized carbons (Fsp3) is 0.500. The number of amides is 1. The second kappa shape index (κ2) is 8.24. The zero-order valence-electron chi connectivity index (χ0n) is 12.6. The van der Waals surface area contributed by atoms with Crippen LogP contribution in [0.3, 0.4) is 0 Å². The maximum Gasteiger partial charge on any atom is 0.387 e. The van der Waals surface area contributed by atoms with Crippen LogP contribution < -0.4 is 10.5 Å². The highest BCUT2D eigenvalue weighted by Crippen LogP contribution is 2.24. The molecular formula is C14H20ClF3N2O2. The monoisotopic (exact) mass is 340 g/mol. The lowest BCUT2D eigenvalue weighted by Crippen LogP contribution is -2.39. The van der Waals surface area contributed by atoms with E-state index in [1.165, 1.54) is 11.9 Å². The topological polar surface area (TPSA) is 55.6 Å². The van der Waals surface area contributed by atoms with E-state index in [1.54, 1.807) is 0 Å². The molecule has 126 valence electrons. The standard InChI is InChI=1S/C14H19F3N2O2.ClH/c1-14(2,7-18)8-19(3)12(20)10-5-4-9(15)6-11(10)21-13(16)17;/h4-6,13H,7-8,18H2,1-3H3;1H. The number of benzene rings is 1. The Morgan fingerprint density at radius 1 is 1.41 bits per heavy atom. The number of nitrogens with two attached hydrogens (primary N) is 1. The van der Waals surface area contributed by atoms with Gasteiger partial charge in [-0.2, -0.15) is 8.78 Å². The van der Waals surface area contributed by atoms with Gasteiger partial charge in [-0.05, 0) is 24.1 Å². The van der Waals surface area contributed by atoms with Gasteiger partial charge in [0.25, 0.3) is 5.91 Å². The minimum atomic E-state index is -3.14. The molecule has 0 spiro atoms. The first-order chi connectivity index (χ1) is 9.66. The number of hydrogen-bond acceptors (Lipinski definition) is 3. The van der Waals surface area contributed by atoms with Crippen molar-refractivity contribution in [3.63, 3.8) is 0 Å². The van der Waals surface area contributed by atoms with E-state index in [0.717, 1.165) is 18.2 Å². The number of rotatable bonds is 6. The fourth-order valence-corrected chi connectivity index (χ4v) is 1.85. The molecule has 1 rings (SSSR count). The molecule has 4 nitrogen and oxygen atoms in total. The summed E-state index contributed by atoms with van der Waals surface area (Å²) in [6.07, 6.45) is 0. The molecule has 0 saturated carbocycles. The molecule has 0 aliphatic heterocycles. The molecule has 0 aliphatic rings. The first kappa shape index (κ1) is 20.5. The minimum Gasteiger partial charge on any atom is -0.434 e. The number of carbonyl (C=O) groups is 1. The Morgan fingerprint density at radius 3 is 2.50 bits per heavy atom. The molecule has 1 amide bonds. The summed E-state index contributed by atoms with van der Waals surface area (Å²) >= 11 is 0. The van der Waals surface area contributed by atoms with Crippen LogP contribution in [-0.4, -0.2) is 37.6 Å². The molecule has 2 N–H and O–H groups in total. The maximum absolute atomic E-state index is 13.1. The van der Waals surface area contributed by atoms with E-state index >= 15 is 0 Å². The highest BCUT2D eigenvalue weighted by Gasteiger charge is 2.24. The quantitative estimate of drug-likeness (QED) is 0.866. The Bertz CT molecular complexity index is 513. The molecule has 0 unspecified atom stereocenters. The van der Waals surface area contributed by atoms with Gasteiger partial charge in [-0.25, -0.2) is 4.39 Å². The van der Waals surface area contributed by atoms with Crippen molar-refractivity contribution in [3.05, 3.63) is 29.6 Å². The van der Waals surface area contributed by atoms with Crippen molar-refractivity contribution < 1.29 is 22.7 Å². The van der Waals surface area contributed by atoms with E-state index in [-0.39, 0.29) is 23.4 Å². The van der Waals surface area contributed by atoms with Crippen LogP contribution in [0.4, 0.5) is 13.2 Å². The lowest BCUT2D eigenvalue weighted by Gasteiger charge is -2.29. The second-order valence-electron chi connectivity index (χ2n) is 5.55. The first-order valence-corrected chi connectivity index (χ1v) is 6.36. The predicted octanol–water partition coefficient (Wildman–Crippen LogP) is 2.91. The first-order valence-electron chi connectivity index (χ1n) is 6.36. The molecule has 1 aromatic rings. The summed E-state index contributed by atoms with van der Waals surface area (Å²) in [7, 11) is 1.52. The molecule has 0 radical (unpaired) electrons. The van der Waals surface area contributed by atoms with Crippen molar-refractivity contribution in [3.8, 4) is 5.75 Å². The van der Waals surface area contributed by atoms with Crippen LogP contribution in [0, 0.1) is 11.2 Å². The van der Waals surface area contributed by atoms with Crippen molar-refractivity contribution in [2.75, 3.05) is 20.1 Å². The molecule has 0 atom stereocenters. The largest absolute Gasteiger partial charge is 0.434 e. The SMILES string of the molecule is CN(CC(C)(C)CN)C(=O)c1ccc(F)cc1OC(F)F.Cl. The van der Waals surface area contributed by atoms with Gasteiger partial charge in [-0.15, -0.1) is 12.4 Å². The van der Waals surface area contributed by atoms with E-state index in [0.29, 0.717) is 13.1 Å². The van der Waals surface area contributed by atoms with Gasteiger partial charge >= 0.3 is 6.61 Å². The molecule has 0 saturated heterocycles. The number of hydrogen-bond donors (Lipinski definition) is 1. The summed E-state index contributed by atoms with van der Waals surface area (Å²) < 4.78 is 42.0. The van der Waals surface area contributed by atoms with Crippen LogP contribution in [0.1, 0.15) is 24.2 Å². The van der Waals surface area contributed by atoms with Crippen molar-refractivity contribution in [2.24, 2.45) is 11.1 Å². The molecule has 0 fully saturated rings. The Morgan fingerprint density at radius 2 is 2.00 bits per heavy atom. The van der Waals surface area contributed by atoms with Gasteiger partial charge in [0.15, 0.2) is 0 Å². The average molecular weight is 341 g/mol. The lowest BCUT2D eigenvalue weighted by molar-refractivity contribution is -0.0504. The number of nitrogens with zero attached hydrogens (tertiary/aromatic N) is 1. The molecule has 0 bridgehead atoms. The Kier molecular flexibility index (Phi) is 7.69. The number of carbonyl (C=O) groups excluding carboxylic acids is 1. The molecule has 1 aromatic carbocycles. The van der Waals surface area contributed by atoms with Gasteiger partial charge in [-0.3, -0.25) is 4.79 Å². The molecular weight excluding hydrogens is 321 g/mol. The highest BCUT2D eigenvalue weighted by atomic mass is 35.5. The predicted molar refractivity (Wildman–Crippen MR) is 80.1 cm³/mol. The van der Waals surface area contributed by atoms with Crippen molar-refractivity contribution in [2.45, 2.75) is 20.5 Å². The van der Waals surface area contributed by atoms with E-state index in [1.807, 2.05) is 13.8 Å². The van der Waals surface area contributed by atoms with Crippen molar-refractivity contribution in [1.29, 1.82) is 0 Å². The molecule has 0 heterocycles.